The number of carbonyl (C=O) groups excluding carboxylic acids is 2. The Morgan fingerprint density at radius 2 is 1.64 bits per heavy atom. The minimum absolute atomic E-state index is 0.289. The highest BCUT2D eigenvalue weighted by Crippen LogP contribution is 2.17. The van der Waals surface area contributed by atoms with Crippen molar-refractivity contribution in [2.75, 3.05) is 19.0 Å². The number of benzene rings is 2. The number of rotatable bonds is 7. The fourth-order valence-corrected chi connectivity index (χ4v) is 2.14. The van der Waals surface area contributed by atoms with Crippen LogP contribution in [0.4, 0.5) is 5.69 Å². The molecule has 2 aromatic rings. The third-order valence-corrected chi connectivity index (χ3v) is 3.73. The van der Waals surface area contributed by atoms with Gasteiger partial charge in [-0.1, -0.05) is 15.9 Å². The van der Waals surface area contributed by atoms with E-state index in [-0.39, 0.29) is 6.61 Å². The van der Waals surface area contributed by atoms with E-state index in [1.165, 1.54) is 6.92 Å². The number of methoxy groups -OCH3 is 1. The van der Waals surface area contributed by atoms with Gasteiger partial charge in [0.05, 0.1) is 7.11 Å². The number of carbonyl (C=O) groups is 2. The van der Waals surface area contributed by atoms with Crippen LogP contribution in [0.15, 0.2) is 53.0 Å². The van der Waals surface area contributed by atoms with E-state index >= 15 is 0 Å². The van der Waals surface area contributed by atoms with Crippen molar-refractivity contribution in [3.8, 4) is 11.5 Å². The highest BCUT2D eigenvalue weighted by Gasteiger charge is 2.18. The van der Waals surface area contributed by atoms with Crippen molar-refractivity contribution >= 4 is 33.5 Å². The second kappa shape index (κ2) is 9.08. The first-order valence-electron chi connectivity index (χ1n) is 7.50. The van der Waals surface area contributed by atoms with Crippen LogP contribution in [0, 0.1) is 0 Å². The topological polar surface area (TPSA) is 73.9 Å². The summed E-state index contributed by atoms with van der Waals surface area (Å²) in [7, 11) is 1.56. The van der Waals surface area contributed by atoms with E-state index in [1.807, 2.05) is 0 Å². The minimum Gasteiger partial charge on any atom is -0.497 e. The van der Waals surface area contributed by atoms with Crippen LogP contribution in [0.1, 0.15) is 6.92 Å². The maximum Gasteiger partial charge on any atom is 0.344 e. The molecule has 1 atom stereocenters. The summed E-state index contributed by atoms with van der Waals surface area (Å²) in [6.45, 7) is 1.21. The van der Waals surface area contributed by atoms with E-state index in [1.54, 1.807) is 55.6 Å². The smallest absolute Gasteiger partial charge is 0.344 e. The molecule has 25 heavy (non-hydrogen) atoms. The van der Waals surface area contributed by atoms with Crippen molar-refractivity contribution in [3.63, 3.8) is 0 Å². The van der Waals surface area contributed by atoms with Gasteiger partial charge < -0.3 is 19.5 Å². The summed E-state index contributed by atoms with van der Waals surface area (Å²) in [6, 6.07) is 13.9. The predicted octanol–water partition coefficient (Wildman–Crippen LogP) is 3.41. The number of nitrogens with one attached hydrogen (secondary N) is 1. The van der Waals surface area contributed by atoms with Crippen LogP contribution in [0.3, 0.4) is 0 Å². The van der Waals surface area contributed by atoms with Gasteiger partial charge in [-0.15, -0.1) is 0 Å². The van der Waals surface area contributed by atoms with Crippen LogP contribution in [0.25, 0.3) is 0 Å². The lowest BCUT2D eigenvalue weighted by Crippen LogP contribution is -2.31. The number of hydrogen-bond acceptors (Lipinski definition) is 5. The maximum absolute atomic E-state index is 12.0. The molecular weight excluding hydrogens is 390 g/mol. The van der Waals surface area contributed by atoms with Gasteiger partial charge in [0, 0.05) is 10.2 Å². The van der Waals surface area contributed by atoms with Crippen molar-refractivity contribution in [1.82, 2.24) is 0 Å². The van der Waals surface area contributed by atoms with Gasteiger partial charge in [-0.3, -0.25) is 4.79 Å². The lowest BCUT2D eigenvalue weighted by molar-refractivity contribution is -0.155. The predicted molar refractivity (Wildman–Crippen MR) is 96.8 cm³/mol. The standard InChI is InChI=1S/C18H18BrNO5/c1-12(18(22)20-14-5-3-13(19)4-6-14)25-17(21)11-24-16-9-7-15(23-2)8-10-16/h3-10,12H,11H2,1-2H3,(H,20,22)/t12-/m1/s1. The van der Waals surface area contributed by atoms with Gasteiger partial charge in [0.25, 0.3) is 5.91 Å². The van der Waals surface area contributed by atoms with Gasteiger partial charge in [-0.2, -0.15) is 0 Å². The molecule has 7 heteroatoms. The third-order valence-electron chi connectivity index (χ3n) is 3.21. The Bertz CT molecular complexity index is 715. The highest BCUT2D eigenvalue weighted by molar-refractivity contribution is 9.10. The zero-order chi connectivity index (χ0) is 18.2. The average molecular weight is 408 g/mol. The Morgan fingerprint density at radius 3 is 2.24 bits per heavy atom. The zero-order valence-corrected chi connectivity index (χ0v) is 15.4. The molecule has 0 heterocycles. The van der Waals surface area contributed by atoms with Crippen LogP contribution in [-0.2, 0) is 14.3 Å². The average Bonchev–Trinajstić information content (AvgIpc) is 2.62. The summed E-state index contributed by atoms with van der Waals surface area (Å²) < 4.78 is 16.3. The van der Waals surface area contributed by atoms with E-state index in [4.69, 9.17) is 14.2 Å². The van der Waals surface area contributed by atoms with Crippen LogP contribution >= 0.6 is 15.9 Å². The second-order valence-corrected chi connectivity index (χ2v) is 6.01. The molecule has 2 aromatic carbocycles. The molecule has 0 aliphatic carbocycles. The van der Waals surface area contributed by atoms with Gasteiger partial charge in [-0.25, -0.2) is 4.79 Å². The molecule has 132 valence electrons. The van der Waals surface area contributed by atoms with Gasteiger partial charge in [0.1, 0.15) is 11.5 Å². The zero-order valence-electron chi connectivity index (χ0n) is 13.8. The molecule has 0 bridgehead atoms. The molecule has 0 saturated heterocycles. The normalized spacial score (nSPS) is 11.3. The number of anilines is 1. The van der Waals surface area contributed by atoms with Crippen LogP contribution < -0.4 is 14.8 Å². The molecule has 2 rings (SSSR count). The van der Waals surface area contributed by atoms with Crippen molar-refractivity contribution in [3.05, 3.63) is 53.0 Å². The number of amides is 1. The van der Waals surface area contributed by atoms with Gasteiger partial charge in [0.2, 0.25) is 0 Å². The Labute approximate surface area is 154 Å². The molecule has 0 unspecified atom stereocenters. The fraction of sp³-hybridized carbons (Fsp3) is 0.222. The van der Waals surface area contributed by atoms with E-state index < -0.39 is 18.0 Å². The molecule has 0 saturated carbocycles. The third kappa shape index (κ3) is 6.11. The van der Waals surface area contributed by atoms with Crippen molar-refractivity contribution in [2.45, 2.75) is 13.0 Å². The summed E-state index contributed by atoms with van der Waals surface area (Å²) in [5, 5.41) is 2.67. The number of ether oxygens (including phenoxy) is 3. The van der Waals surface area contributed by atoms with Crippen molar-refractivity contribution in [1.29, 1.82) is 0 Å². The Balaban J connectivity index is 1.78. The van der Waals surface area contributed by atoms with Gasteiger partial charge in [0.15, 0.2) is 12.7 Å². The van der Waals surface area contributed by atoms with E-state index in [0.717, 1.165) is 4.47 Å². The summed E-state index contributed by atoms with van der Waals surface area (Å²) in [4.78, 5) is 23.8. The van der Waals surface area contributed by atoms with E-state index in [0.29, 0.717) is 17.2 Å². The summed E-state index contributed by atoms with van der Waals surface area (Å²) in [5.41, 5.74) is 0.616. The molecule has 0 radical (unpaired) electrons. The first-order chi connectivity index (χ1) is 12.0. The maximum atomic E-state index is 12.0. The molecule has 1 N–H and O–H groups in total. The summed E-state index contributed by atoms with van der Waals surface area (Å²) >= 11 is 3.31. The Morgan fingerprint density at radius 1 is 1.04 bits per heavy atom. The molecule has 6 nitrogen and oxygen atoms in total. The molecule has 1 amide bonds. The lowest BCUT2D eigenvalue weighted by Gasteiger charge is -2.14. The quantitative estimate of drug-likeness (QED) is 0.711. The van der Waals surface area contributed by atoms with Crippen LogP contribution in [-0.4, -0.2) is 31.7 Å². The van der Waals surface area contributed by atoms with Crippen molar-refractivity contribution < 1.29 is 23.8 Å². The number of halogens is 1. The molecule has 0 aliphatic rings. The van der Waals surface area contributed by atoms with E-state index in [9.17, 15) is 9.59 Å². The highest BCUT2D eigenvalue weighted by atomic mass is 79.9. The second-order valence-electron chi connectivity index (χ2n) is 5.09. The SMILES string of the molecule is COc1ccc(OCC(=O)O[C@H](C)C(=O)Nc2ccc(Br)cc2)cc1. The first kappa shape index (κ1) is 18.8. The monoisotopic (exact) mass is 407 g/mol. The molecular formula is C18H18BrNO5. The summed E-state index contributed by atoms with van der Waals surface area (Å²) in [6.07, 6.45) is -0.935. The van der Waals surface area contributed by atoms with Crippen molar-refractivity contribution in [2.24, 2.45) is 0 Å². The molecule has 0 aromatic heterocycles. The summed E-state index contributed by atoms with van der Waals surface area (Å²) in [5.74, 6) is 0.146. The molecule has 0 aliphatic heterocycles. The lowest BCUT2D eigenvalue weighted by atomic mass is 10.3. The number of hydrogen-bond donors (Lipinski definition) is 1. The largest absolute Gasteiger partial charge is 0.497 e. The molecule has 0 spiro atoms. The Hall–Kier alpha value is -2.54. The fourth-order valence-electron chi connectivity index (χ4n) is 1.88. The van der Waals surface area contributed by atoms with Crippen LogP contribution in [0.5, 0.6) is 11.5 Å². The number of esters is 1. The van der Waals surface area contributed by atoms with E-state index in [2.05, 4.69) is 21.2 Å². The van der Waals surface area contributed by atoms with Gasteiger partial charge in [-0.05, 0) is 55.5 Å². The Kier molecular flexibility index (Phi) is 6.82. The van der Waals surface area contributed by atoms with Crippen LogP contribution in [0.2, 0.25) is 0 Å². The molecule has 0 fully saturated rings. The minimum atomic E-state index is -0.935. The first-order valence-corrected chi connectivity index (χ1v) is 8.30. The van der Waals surface area contributed by atoms with Gasteiger partial charge >= 0.3 is 5.97 Å².